The van der Waals surface area contributed by atoms with Crippen LogP contribution in [-0.4, -0.2) is 16.8 Å². The molecule has 7 nitrogen and oxygen atoms in total. The number of hydrogen-bond donors (Lipinski definition) is 2. The molecule has 0 fully saturated rings. The van der Waals surface area contributed by atoms with Crippen LogP contribution in [-0.2, 0) is 6.54 Å². The first-order chi connectivity index (χ1) is 18.2. The fourth-order valence-electron chi connectivity index (χ4n) is 4.44. The number of para-hydroxylation sites is 3. The third kappa shape index (κ3) is 4.34. The molecule has 0 atom stereocenters. The predicted molar refractivity (Wildman–Crippen MR) is 143 cm³/mol. The molecule has 37 heavy (non-hydrogen) atoms. The van der Waals surface area contributed by atoms with Crippen LogP contribution >= 0.6 is 0 Å². The maximum absolute atomic E-state index is 13.6. The third-order valence-corrected chi connectivity index (χ3v) is 6.27. The van der Waals surface area contributed by atoms with Gasteiger partial charge < -0.3 is 20.0 Å². The van der Waals surface area contributed by atoms with E-state index in [2.05, 4.69) is 15.6 Å². The summed E-state index contributed by atoms with van der Waals surface area (Å²) in [7, 11) is 0. The smallest absolute Gasteiger partial charge is 0.260 e. The highest BCUT2D eigenvalue weighted by atomic mass is 16.3. The lowest BCUT2D eigenvalue weighted by molar-refractivity contribution is 0.0984. The van der Waals surface area contributed by atoms with E-state index in [0.717, 1.165) is 22.6 Å². The van der Waals surface area contributed by atoms with E-state index in [0.29, 0.717) is 34.8 Å². The molecule has 2 aromatic heterocycles. The molecule has 0 bridgehead atoms. The number of fused-ring (bicyclic) bond motifs is 2. The van der Waals surface area contributed by atoms with Gasteiger partial charge in [-0.05, 0) is 54.1 Å². The standard InChI is InChI=1S/C30H22N4O3/c35-29(23-10-3-2-9-22(23)27-14-7-17-37-27)33-28-16-15-20(18-31-28)30(36)34-19-21-8-1-4-11-24(21)32-25-12-5-6-13-26(25)34/h1-18,32H,19H2,(H,31,33,35). The normalized spacial score (nSPS) is 12.1. The Labute approximate surface area is 213 Å². The molecule has 6 rings (SSSR count). The number of carbonyl (C=O) groups excluding carboxylic acids is 2. The summed E-state index contributed by atoms with van der Waals surface area (Å²) < 4.78 is 5.47. The fraction of sp³-hybridized carbons (Fsp3) is 0.0333. The highest BCUT2D eigenvalue weighted by Gasteiger charge is 2.25. The number of rotatable bonds is 4. The molecule has 7 heteroatoms. The Bertz CT molecular complexity index is 1590. The van der Waals surface area contributed by atoms with Gasteiger partial charge >= 0.3 is 0 Å². The van der Waals surface area contributed by atoms with Crippen molar-refractivity contribution in [3.8, 4) is 11.3 Å². The Morgan fingerprint density at radius 2 is 1.62 bits per heavy atom. The summed E-state index contributed by atoms with van der Waals surface area (Å²) in [6, 6.07) is 29.8. The van der Waals surface area contributed by atoms with E-state index in [-0.39, 0.29) is 11.8 Å². The average Bonchev–Trinajstić information content (AvgIpc) is 3.42. The van der Waals surface area contributed by atoms with Crippen LogP contribution in [0.2, 0.25) is 0 Å². The second-order valence-corrected chi connectivity index (χ2v) is 8.60. The first-order valence-electron chi connectivity index (χ1n) is 11.8. The van der Waals surface area contributed by atoms with E-state index in [1.807, 2.05) is 60.7 Å². The van der Waals surface area contributed by atoms with E-state index < -0.39 is 0 Å². The molecule has 0 saturated heterocycles. The molecule has 2 amide bonds. The zero-order valence-electron chi connectivity index (χ0n) is 19.7. The van der Waals surface area contributed by atoms with Crippen molar-refractivity contribution in [2.45, 2.75) is 6.54 Å². The predicted octanol–water partition coefficient (Wildman–Crippen LogP) is 6.50. The van der Waals surface area contributed by atoms with Crippen LogP contribution in [0.5, 0.6) is 0 Å². The molecule has 0 unspecified atom stereocenters. The Kier molecular flexibility index (Phi) is 5.71. The molecular formula is C30H22N4O3. The molecule has 3 aromatic carbocycles. The van der Waals surface area contributed by atoms with Crippen molar-refractivity contribution >= 4 is 34.7 Å². The monoisotopic (exact) mass is 486 g/mol. The Morgan fingerprint density at radius 3 is 2.43 bits per heavy atom. The Hall–Kier alpha value is -5.17. The van der Waals surface area contributed by atoms with Crippen LogP contribution in [0.3, 0.4) is 0 Å². The Balaban J connectivity index is 1.24. The number of hydrogen-bond acceptors (Lipinski definition) is 5. The molecule has 2 N–H and O–H groups in total. The number of nitrogens with zero attached hydrogens (tertiary/aromatic N) is 2. The quantitative estimate of drug-likeness (QED) is 0.303. The second kappa shape index (κ2) is 9.47. The zero-order valence-corrected chi connectivity index (χ0v) is 19.7. The van der Waals surface area contributed by atoms with Crippen molar-refractivity contribution in [2.75, 3.05) is 15.5 Å². The van der Waals surface area contributed by atoms with Gasteiger partial charge in [-0.3, -0.25) is 9.59 Å². The number of amides is 2. The van der Waals surface area contributed by atoms with Crippen molar-refractivity contribution in [3.05, 3.63) is 126 Å². The van der Waals surface area contributed by atoms with Gasteiger partial charge in [-0.25, -0.2) is 4.98 Å². The van der Waals surface area contributed by atoms with E-state index >= 15 is 0 Å². The highest BCUT2D eigenvalue weighted by Crippen LogP contribution is 2.36. The number of anilines is 4. The number of nitrogens with one attached hydrogen (secondary N) is 2. The third-order valence-electron chi connectivity index (χ3n) is 6.27. The first-order valence-corrected chi connectivity index (χ1v) is 11.8. The van der Waals surface area contributed by atoms with Crippen molar-refractivity contribution in [1.82, 2.24) is 4.98 Å². The molecule has 5 aromatic rings. The van der Waals surface area contributed by atoms with Gasteiger partial charge in [0.1, 0.15) is 11.6 Å². The maximum atomic E-state index is 13.6. The van der Waals surface area contributed by atoms with Crippen LogP contribution in [0.15, 0.2) is 114 Å². The zero-order chi connectivity index (χ0) is 25.2. The number of benzene rings is 3. The Morgan fingerprint density at radius 1 is 0.838 bits per heavy atom. The van der Waals surface area contributed by atoms with Gasteiger partial charge in [-0.15, -0.1) is 0 Å². The number of carbonyl (C=O) groups is 2. The second-order valence-electron chi connectivity index (χ2n) is 8.60. The number of pyridine rings is 1. The summed E-state index contributed by atoms with van der Waals surface area (Å²) in [5.41, 5.74) is 5.19. The van der Waals surface area contributed by atoms with Gasteiger partial charge in [-0.1, -0.05) is 48.5 Å². The number of furan rings is 1. The van der Waals surface area contributed by atoms with Crippen LogP contribution in [0.1, 0.15) is 26.3 Å². The fourth-order valence-corrected chi connectivity index (χ4v) is 4.44. The molecule has 3 heterocycles. The molecule has 0 saturated carbocycles. The maximum Gasteiger partial charge on any atom is 0.260 e. The lowest BCUT2D eigenvalue weighted by atomic mass is 10.0. The minimum Gasteiger partial charge on any atom is -0.464 e. The van der Waals surface area contributed by atoms with Crippen LogP contribution in [0, 0.1) is 0 Å². The van der Waals surface area contributed by atoms with E-state index in [4.69, 9.17) is 4.42 Å². The van der Waals surface area contributed by atoms with E-state index in [9.17, 15) is 9.59 Å². The minimum atomic E-state index is -0.317. The van der Waals surface area contributed by atoms with Gasteiger partial charge in [0.05, 0.1) is 35.3 Å². The van der Waals surface area contributed by atoms with Crippen molar-refractivity contribution in [1.29, 1.82) is 0 Å². The van der Waals surface area contributed by atoms with E-state index in [1.54, 1.807) is 47.6 Å². The lowest BCUT2D eigenvalue weighted by Gasteiger charge is -2.22. The van der Waals surface area contributed by atoms with Crippen molar-refractivity contribution < 1.29 is 14.0 Å². The molecule has 0 radical (unpaired) electrons. The first kappa shape index (κ1) is 22.3. The lowest BCUT2D eigenvalue weighted by Crippen LogP contribution is -2.30. The molecule has 0 aliphatic carbocycles. The van der Waals surface area contributed by atoms with E-state index in [1.165, 1.54) is 6.20 Å². The van der Waals surface area contributed by atoms with Gasteiger partial charge in [-0.2, -0.15) is 0 Å². The SMILES string of the molecule is O=C(Nc1ccc(C(=O)N2Cc3ccccc3Nc3ccccc32)cn1)c1ccccc1-c1ccco1. The topological polar surface area (TPSA) is 87.5 Å². The summed E-state index contributed by atoms with van der Waals surface area (Å²) in [5, 5.41) is 6.25. The molecule has 1 aliphatic rings. The summed E-state index contributed by atoms with van der Waals surface area (Å²) in [4.78, 5) is 32.7. The minimum absolute atomic E-state index is 0.181. The molecule has 180 valence electrons. The van der Waals surface area contributed by atoms with Crippen molar-refractivity contribution in [3.63, 3.8) is 0 Å². The summed E-state index contributed by atoms with van der Waals surface area (Å²) in [5.74, 6) is 0.453. The molecule has 0 spiro atoms. The van der Waals surface area contributed by atoms with Gasteiger partial charge in [0, 0.05) is 17.4 Å². The van der Waals surface area contributed by atoms with Gasteiger partial charge in [0.25, 0.3) is 11.8 Å². The van der Waals surface area contributed by atoms with Crippen LogP contribution < -0.4 is 15.5 Å². The van der Waals surface area contributed by atoms with Crippen molar-refractivity contribution in [2.24, 2.45) is 0 Å². The van der Waals surface area contributed by atoms with Crippen LogP contribution in [0.4, 0.5) is 22.9 Å². The summed E-state index contributed by atoms with van der Waals surface area (Å²) >= 11 is 0. The molecule has 1 aliphatic heterocycles. The summed E-state index contributed by atoms with van der Waals surface area (Å²) in [6.07, 6.45) is 3.06. The van der Waals surface area contributed by atoms with Gasteiger partial charge in [0.15, 0.2) is 0 Å². The number of aromatic nitrogens is 1. The van der Waals surface area contributed by atoms with Crippen LogP contribution in [0.25, 0.3) is 11.3 Å². The summed E-state index contributed by atoms with van der Waals surface area (Å²) in [6.45, 7) is 0.418. The largest absolute Gasteiger partial charge is 0.464 e. The highest BCUT2D eigenvalue weighted by molar-refractivity contribution is 6.09. The average molecular weight is 487 g/mol. The molecular weight excluding hydrogens is 464 g/mol. The van der Waals surface area contributed by atoms with Gasteiger partial charge in [0.2, 0.25) is 0 Å².